The summed E-state index contributed by atoms with van der Waals surface area (Å²) in [5.41, 5.74) is 11.2. The number of hydrogen-bond acceptors (Lipinski definition) is 2. The van der Waals surface area contributed by atoms with Crippen LogP contribution in [0.15, 0.2) is 24.3 Å². The van der Waals surface area contributed by atoms with E-state index in [9.17, 15) is 0 Å². The maximum Gasteiger partial charge on any atom is 0.125 e. The molecule has 3 nitrogen and oxygen atoms in total. The number of nitrogens with zero attached hydrogens (tertiary/aromatic N) is 2. The van der Waals surface area contributed by atoms with Crippen LogP contribution in [0.1, 0.15) is 35.2 Å². The Balaban J connectivity index is 1.88. The zero-order chi connectivity index (χ0) is 12.5. The third-order valence-electron chi connectivity index (χ3n) is 3.72. The van der Waals surface area contributed by atoms with Gasteiger partial charge in [0.25, 0.3) is 0 Å². The third kappa shape index (κ3) is 2.01. The lowest BCUT2D eigenvalue weighted by molar-refractivity contribution is 0.647. The first-order valence-electron chi connectivity index (χ1n) is 6.63. The third-order valence-corrected chi connectivity index (χ3v) is 3.72. The topological polar surface area (TPSA) is 43.8 Å². The highest BCUT2D eigenvalue weighted by Gasteiger charge is 2.18. The van der Waals surface area contributed by atoms with Crippen molar-refractivity contribution in [1.29, 1.82) is 0 Å². The number of aryl methyl sites for hydroxylation is 2. The van der Waals surface area contributed by atoms with Gasteiger partial charge in [0, 0.05) is 5.56 Å². The van der Waals surface area contributed by atoms with Gasteiger partial charge in [0.05, 0.1) is 12.2 Å². The molecule has 0 saturated heterocycles. The molecule has 3 heteroatoms. The standard InChI is InChI=1S/C15H19N3/c1-11-6-8-12(9-7-11)10-18-15(16)13-4-2-3-5-14(13)17-18/h6-9H,2-5,10,16H2,1H3. The van der Waals surface area contributed by atoms with Crippen LogP contribution < -0.4 is 5.73 Å². The van der Waals surface area contributed by atoms with Gasteiger partial charge < -0.3 is 5.73 Å². The van der Waals surface area contributed by atoms with Crippen LogP contribution >= 0.6 is 0 Å². The van der Waals surface area contributed by atoms with Crippen molar-refractivity contribution in [3.8, 4) is 0 Å². The number of benzene rings is 1. The van der Waals surface area contributed by atoms with Crippen molar-refractivity contribution in [3.05, 3.63) is 46.6 Å². The molecular formula is C15H19N3. The molecular weight excluding hydrogens is 222 g/mol. The Kier molecular flexibility index (Phi) is 2.82. The van der Waals surface area contributed by atoms with Gasteiger partial charge in [-0.2, -0.15) is 5.10 Å². The summed E-state index contributed by atoms with van der Waals surface area (Å²) in [5, 5.41) is 4.66. The second kappa shape index (κ2) is 4.48. The Morgan fingerprint density at radius 2 is 1.89 bits per heavy atom. The molecule has 0 fully saturated rings. The van der Waals surface area contributed by atoms with Crippen LogP contribution in [-0.4, -0.2) is 9.78 Å². The second-order valence-electron chi connectivity index (χ2n) is 5.16. The Bertz CT molecular complexity index is 552. The van der Waals surface area contributed by atoms with Gasteiger partial charge in [-0.25, -0.2) is 4.68 Å². The van der Waals surface area contributed by atoms with E-state index in [1.165, 1.54) is 35.2 Å². The van der Waals surface area contributed by atoms with Gasteiger partial charge in [0.15, 0.2) is 0 Å². The molecule has 0 saturated carbocycles. The van der Waals surface area contributed by atoms with E-state index in [4.69, 9.17) is 5.73 Å². The number of hydrogen-bond donors (Lipinski definition) is 1. The summed E-state index contributed by atoms with van der Waals surface area (Å²) in [7, 11) is 0. The fourth-order valence-electron chi connectivity index (χ4n) is 2.62. The minimum absolute atomic E-state index is 0.777. The fourth-order valence-corrected chi connectivity index (χ4v) is 2.62. The van der Waals surface area contributed by atoms with Gasteiger partial charge in [-0.1, -0.05) is 29.8 Å². The Morgan fingerprint density at radius 3 is 2.61 bits per heavy atom. The van der Waals surface area contributed by atoms with Gasteiger partial charge in [-0.05, 0) is 38.2 Å². The molecule has 2 N–H and O–H groups in total. The SMILES string of the molecule is Cc1ccc(Cn2nc3c(c2N)CCCC3)cc1. The summed E-state index contributed by atoms with van der Waals surface area (Å²) < 4.78 is 1.96. The molecule has 2 aromatic rings. The lowest BCUT2D eigenvalue weighted by Gasteiger charge is -2.08. The molecule has 0 amide bonds. The smallest absolute Gasteiger partial charge is 0.125 e. The van der Waals surface area contributed by atoms with Crippen LogP contribution in [0.3, 0.4) is 0 Å². The molecule has 0 atom stereocenters. The average Bonchev–Trinajstić information content (AvgIpc) is 2.70. The number of nitrogens with two attached hydrogens (primary N) is 1. The van der Waals surface area contributed by atoms with E-state index in [0.717, 1.165) is 25.2 Å². The highest BCUT2D eigenvalue weighted by Crippen LogP contribution is 2.26. The van der Waals surface area contributed by atoms with Crippen molar-refractivity contribution in [2.45, 2.75) is 39.2 Å². The number of nitrogen functional groups attached to an aromatic ring is 1. The maximum absolute atomic E-state index is 6.20. The van der Waals surface area contributed by atoms with Gasteiger partial charge in [0.2, 0.25) is 0 Å². The first-order valence-corrected chi connectivity index (χ1v) is 6.63. The van der Waals surface area contributed by atoms with E-state index in [2.05, 4.69) is 36.3 Å². The Morgan fingerprint density at radius 1 is 1.17 bits per heavy atom. The normalized spacial score (nSPS) is 14.5. The zero-order valence-electron chi connectivity index (χ0n) is 10.8. The van der Waals surface area contributed by atoms with E-state index in [0.29, 0.717) is 0 Å². The van der Waals surface area contributed by atoms with E-state index in [1.807, 2.05) is 4.68 Å². The molecule has 18 heavy (non-hydrogen) atoms. The van der Waals surface area contributed by atoms with Crippen LogP contribution in [0.25, 0.3) is 0 Å². The second-order valence-corrected chi connectivity index (χ2v) is 5.16. The van der Waals surface area contributed by atoms with Gasteiger partial charge in [-0.3, -0.25) is 0 Å². The van der Waals surface area contributed by atoms with Crippen molar-refractivity contribution < 1.29 is 0 Å². The summed E-state index contributed by atoms with van der Waals surface area (Å²) in [6.07, 6.45) is 4.66. The van der Waals surface area contributed by atoms with Crippen LogP contribution in [0.4, 0.5) is 5.82 Å². The van der Waals surface area contributed by atoms with Crippen molar-refractivity contribution in [2.75, 3.05) is 5.73 Å². The fraction of sp³-hybridized carbons (Fsp3) is 0.400. The molecule has 0 radical (unpaired) electrons. The summed E-state index contributed by atoms with van der Waals surface area (Å²) in [6, 6.07) is 8.56. The molecule has 1 aromatic heterocycles. The molecule has 0 aliphatic heterocycles. The maximum atomic E-state index is 6.20. The molecule has 1 aliphatic rings. The van der Waals surface area contributed by atoms with E-state index in [-0.39, 0.29) is 0 Å². The van der Waals surface area contributed by atoms with Crippen molar-refractivity contribution in [1.82, 2.24) is 9.78 Å². The van der Waals surface area contributed by atoms with Crippen molar-refractivity contribution in [2.24, 2.45) is 0 Å². The first kappa shape index (κ1) is 11.3. The Labute approximate surface area is 108 Å². The molecule has 1 aromatic carbocycles. The van der Waals surface area contributed by atoms with Crippen LogP contribution in [0.5, 0.6) is 0 Å². The van der Waals surface area contributed by atoms with Crippen molar-refractivity contribution >= 4 is 5.82 Å². The largest absolute Gasteiger partial charge is 0.384 e. The summed E-state index contributed by atoms with van der Waals surface area (Å²) >= 11 is 0. The molecule has 3 rings (SSSR count). The highest BCUT2D eigenvalue weighted by molar-refractivity contribution is 5.45. The van der Waals surface area contributed by atoms with Crippen LogP contribution in [0, 0.1) is 6.92 Å². The molecule has 94 valence electrons. The van der Waals surface area contributed by atoms with E-state index < -0.39 is 0 Å². The number of aromatic nitrogens is 2. The lowest BCUT2D eigenvalue weighted by Crippen LogP contribution is -2.06. The molecule has 1 heterocycles. The minimum Gasteiger partial charge on any atom is -0.384 e. The average molecular weight is 241 g/mol. The quantitative estimate of drug-likeness (QED) is 0.878. The van der Waals surface area contributed by atoms with E-state index >= 15 is 0 Å². The Hall–Kier alpha value is -1.77. The van der Waals surface area contributed by atoms with Crippen LogP contribution in [0.2, 0.25) is 0 Å². The first-order chi connectivity index (χ1) is 8.74. The molecule has 0 unspecified atom stereocenters. The number of anilines is 1. The molecule has 1 aliphatic carbocycles. The van der Waals surface area contributed by atoms with Crippen molar-refractivity contribution in [3.63, 3.8) is 0 Å². The monoisotopic (exact) mass is 241 g/mol. The predicted octanol–water partition coefficient (Wildman–Crippen LogP) is 2.70. The van der Waals surface area contributed by atoms with E-state index in [1.54, 1.807) is 0 Å². The summed E-state index contributed by atoms with van der Waals surface area (Å²) in [6.45, 7) is 2.88. The summed E-state index contributed by atoms with van der Waals surface area (Å²) in [4.78, 5) is 0. The number of rotatable bonds is 2. The van der Waals surface area contributed by atoms with Gasteiger partial charge >= 0.3 is 0 Å². The highest BCUT2D eigenvalue weighted by atomic mass is 15.3. The number of fused-ring (bicyclic) bond motifs is 1. The van der Waals surface area contributed by atoms with Gasteiger partial charge in [-0.15, -0.1) is 0 Å². The van der Waals surface area contributed by atoms with Crippen LogP contribution in [-0.2, 0) is 19.4 Å². The zero-order valence-corrected chi connectivity index (χ0v) is 10.8. The predicted molar refractivity (Wildman–Crippen MR) is 73.6 cm³/mol. The van der Waals surface area contributed by atoms with Gasteiger partial charge in [0.1, 0.15) is 5.82 Å². The summed E-state index contributed by atoms with van der Waals surface area (Å²) in [5.74, 6) is 0.866. The molecule has 0 bridgehead atoms. The molecule has 0 spiro atoms. The minimum atomic E-state index is 0.777. The lowest BCUT2D eigenvalue weighted by atomic mass is 9.98.